The van der Waals surface area contributed by atoms with Gasteiger partial charge in [0.25, 0.3) is 0 Å². The Hall–Kier alpha value is -3.57. The molecule has 0 spiro atoms. The van der Waals surface area contributed by atoms with E-state index in [1.807, 2.05) is 66.7 Å². The molecule has 3 N–H and O–H groups in total. The quantitative estimate of drug-likeness (QED) is 0.202. The van der Waals surface area contributed by atoms with E-state index in [4.69, 9.17) is 14.2 Å². The minimum absolute atomic E-state index is 0.121. The van der Waals surface area contributed by atoms with Crippen LogP contribution < -0.4 is 15.4 Å². The van der Waals surface area contributed by atoms with Crippen molar-refractivity contribution in [2.75, 3.05) is 45.2 Å². The van der Waals surface area contributed by atoms with Gasteiger partial charge in [-0.2, -0.15) is 11.8 Å². The second-order valence-corrected chi connectivity index (χ2v) is 14.9. The molecule has 9 nitrogen and oxygen atoms in total. The van der Waals surface area contributed by atoms with E-state index in [-0.39, 0.29) is 18.4 Å². The first-order valence-corrected chi connectivity index (χ1v) is 18.5. The minimum atomic E-state index is -1.01. The third-order valence-corrected chi connectivity index (χ3v) is 9.92. The number of morpholine rings is 1. The van der Waals surface area contributed by atoms with E-state index in [0.29, 0.717) is 19.4 Å². The number of rotatable bonds is 14. The lowest BCUT2D eigenvalue weighted by atomic mass is 9.88. The molecule has 1 saturated heterocycles. The second kappa shape index (κ2) is 17.9. The van der Waals surface area contributed by atoms with Gasteiger partial charge < -0.3 is 30.0 Å². The summed E-state index contributed by atoms with van der Waals surface area (Å²) in [5.74, 6) is 1.80. The molecule has 4 atom stereocenters. The van der Waals surface area contributed by atoms with Crippen molar-refractivity contribution < 1.29 is 28.9 Å². The van der Waals surface area contributed by atoms with Gasteiger partial charge in [-0.1, -0.05) is 66.7 Å². The molecule has 0 radical (unpaired) electrons. The van der Waals surface area contributed by atoms with E-state index in [0.717, 1.165) is 66.8 Å². The molecule has 2 aliphatic rings. The Kier molecular flexibility index (Phi) is 13.4. The first kappa shape index (κ1) is 36.7. The minimum Gasteiger partial charge on any atom is -0.492 e. The molecule has 0 aliphatic carbocycles. The van der Waals surface area contributed by atoms with Crippen LogP contribution in [0.4, 0.5) is 4.79 Å². The SMILES string of the molecule is CC(C)(C)OC(=O)NC(Cc1ccccc1)C(O)CC(Cc1ccc(OCCN2CCOCC2)cc1)C(=O)N[C@@H]1CSCc2ccccc21. The van der Waals surface area contributed by atoms with Gasteiger partial charge in [0.15, 0.2) is 0 Å². The molecule has 2 aliphatic heterocycles. The fourth-order valence-electron chi connectivity index (χ4n) is 6.26. The van der Waals surface area contributed by atoms with E-state index in [1.54, 1.807) is 32.5 Å². The highest BCUT2D eigenvalue weighted by Crippen LogP contribution is 2.32. The van der Waals surface area contributed by atoms with Gasteiger partial charge in [0.1, 0.15) is 18.0 Å². The first-order valence-electron chi connectivity index (χ1n) is 17.3. The Morgan fingerprint density at radius 2 is 1.65 bits per heavy atom. The van der Waals surface area contributed by atoms with Crippen molar-refractivity contribution in [3.05, 3.63) is 101 Å². The average Bonchev–Trinajstić information content (AvgIpc) is 3.08. The highest BCUT2D eigenvalue weighted by Gasteiger charge is 2.32. The number of benzene rings is 3. The molecule has 2 heterocycles. The predicted molar refractivity (Wildman–Crippen MR) is 194 cm³/mol. The summed E-state index contributed by atoms with van der Waals surface area (Å²) in [6.45, 7) is 10.2. The van der Waals surface area contributed by atoms with Gasteiger partial charge in [0.2, 0.25) is 5.91 Å². The van der Waals surface area contributed by atoms with E-state index in [1.165, 1.54) is 5.56 Å². The third kappa shape index (κ3) is 11.8. The predicted octanol–water partition coefficient (Wildman–Crippen LogP) is 5.55. The number of amides is 2. The van der Waals surface area contributed by atoms with Crippen LogP contribution >= 0.6 is 11.8 Å². The van der Waals surface area contributed by atoms with Crippen molar-refractivity contribution in [3.8, 4) is 5.75 Å². The fourth-order valence-corrected chi connectivity index (χ4v) is 7.36. The number of nitrogens with zero attached hydrogens (tertiary/aromatic N) is 1. The lowest BCUT2D eigenvalue weighted by molar-refractivity contribution is -0.126. The van der Waals surface area contributed by atoms with E-state index < -0.39 is 29.8 Å². The molecular formula is C39H51N3O6S. The highest BCUT2D eigenvalue weighted by molar-refractivity contribution is 7.98. The summed E-state index contributed by atoms with van der Waals surface area (Å²) in [6, 6.07) is 25.0. The molecule has 0 aromatic heterocycles. The van der Waals surface area contributed by atoms with Crippen LogP contribution in [0.3, 0.4) is 0 Å². The molecule has 0 saturated carbocycles. The Labute approximate surface area is 295 Å². The van der Waals surface area contributed by atoms with Crippen LogP contribution in [0.5, 0.6) is 5.75 Å². The van der Waals surface area contributed by atoms with Crippen molar-refractivity contribution in [2.24, 2.45) is 5.92 Å². The summed E-state index contributed by atoms with van der Waals surface area (Å²) in [5, 5.41) is 18.0. The topological polar surface area (TPSA) is 109 Å². The average molecular weight is 690 g/mol. The summed E-state index contributed by atoms with van der Waals surface area (Å²) in [4.78, 5) is 29.4. The zero-order chi connectivity index (χ0) is 34.6. The zero-order valence-electron chi connectivity index (χ0n) is 28.9. The maximum Gasteiger partial charge on any atom is 0.407 e. The molecular weight excluding hydrogens is 639 g/mol. The normalized spacial score (nSPS) is 18.4. The van der Waals surface area contributed by atoms with Crippen molar-refractivity contribution in [1.82, 2.24) is 15.5 Å². The van der Waals surface area contributed by atoms with Gasteiger partial charge in [-0.05, 0) is 74.4 Å². The number of aliphatic hydroxyl groups is 1. The zero-order valence-corrected chi connectivity index (χ0v) is 29.8. The lowest BCUT2D eigenvalue weighted by Crippen LogP contribution is -2.48. The fraction of sp³-hybridized carbons (Fsp3) is 0.487. The maximum atomic E-state index is 14.1. The number of ether oxygens (including phenoxy) is 3. The number of hydrogen-bond acceptors (Lipinski definition) is 8. The molecule has 49 heavy (non-hydrogen) atoms. The molecule has 1 fully saturated rings. The van der Waals surface area contributed by atoms with Gasteiger partial charge in [0, 0.05) is 37.1 Å². The number of hydrogen-bond donors (Lipinski definition) is 3. The monoisotopic (exact) mass is 689 g/mol. The Morgan fingerprint density at radius 3 is 2.39 bits per heavy atom. The largest absolute Gasteiger partial charge is 0.492 e. The number of fused-ring (bicyclic) bond motifs is 1. The summed E-state index contributed by atoms with van der Waals surface area (Å²) >= 11 is 1.80. The van der Waals surface area contributed by atoms with Crippen LogP contribution in [0, 0.1) is 5.92 Å². The molecule has 0 bridgehead atoms. The van der Waals surface area contributed by atoms with Crippen molar-refractivity contribution in [2.45, 2.75) is 69.6 Å². The number of carbonyl (C=O) groups excluding carboxylic acids is 2. The van der Waals surface area contributed by atoms with Crippen LogP contribution in [-0.2, 0) is 32.9 Å². The van der Waals surface area contributed by atoms with Crippen LogP contribution in [0.2, 0.25) is 0 Å². The number of nitrogens with one attached hydrogen (secondary N) is 2. The van der Waals surface area contributed by atoms with E-state index >= 15 is 0 Å². The van der Waals surface area contributed by atoms with Crippen molar-refractivity contribution in [1.29, 1.82) is 0 Å². The first-order chi connectivity index (χ1) is 23.6. The Bertz CT molecular complexity index is 1480. The van der Waals surface area contributed by atoms with E-state index in [2.05, 4.69) is 27.7 Å². The summed E-state index contributed by atoms with van der Waals surface area (Å²) in [7, 11) is 0. The van der Waals surface area contributed by atoms with Crippen LogP contribution in [0.1, 0.15) is 55.5 Å². The molecule has 5 rings (SSSR count). The molecule has 264 valence electrons. The summed E-state index contributed by atoms with van der Waals surface area (Å²) < 4.78 is 17.0. The van der Waals surface area contributed by atoms with Gasteiger partial charge in [-0.3, -0.25) is 9.69 Å². The molecule has 2 amide bonds. The van der Waals surface area contributed by atoms with Crippen LogP contribution in [-0.4, -0.2) is 85.0 Å². The number of carbonyl (C=O) groups is 2. The molecule has 10 heteroatoms. The van der Waals surface area contributed by atoms with Crippen molar-refractivity contribution in [3.63, 3.8) is 0 Å². The van der Waals surface area contributed by atoms with Crippen LogP contribution in [0.25, 0.3) is 0 Å². The number of aliphatic hydroxyl groups excluding tert-OH is 1. The number of alkyl carbamates (subject to hydrolysis) is 1. The number of thioether (sulfide) groups is 1. The maximum absolute atomic E-state index is 14.1. The standard InChI is InChI=1S/C39H51N3O6S/c1-39(2,3)48-38(45)41-34(24-28-9-5-4-6-10-28)36(43)25-31(37(44)40-35-27-49-26-30-11-7-8-12-33(30)35)23-29-13-15-32(16-14-29)47-22-19-42-17-20-46-21-18-42/h4-16,31,34-36,43H,17-27H2,1-3H3,(H,40,44)(H,41,45)/t31?,34?,35-,36?/m1/s1. The Balaban J connectivity index is 1.30. The third-order valence-electron chi connectivity index (χ3n) is 8.84. The summed E-state index contributed by atoms with van der Waals surface area (Å²) in [5.41, 5.74) is 3.60. The molecule has 3 aromatic rings. The van der Waals surface area contributed by atoms with Gasteiger partial charge in [-0.15, -0.1) is 0 Å². The molecule has 3 aromatic carbocycles. The van der Waals surface area contributed by atoms with Gasteiger partial charge >= 0.3 is 6.09 Å². The van der Waals surface area contributed by atoms with Gasteiger partial charge in [0.05, 0.1) is 31.4 Å². The lowest BCUT2D eigenvalue weighted by Gasteiger charge is -2.31. The molecule has 3 unspecified atom stereocenters. The van der Waals surface area contributed by atoms with Gasteiger partial charge in [-0.25, -0.2) is 4.79 Å². The van der Waals surface area contributed by atoms with Crippen LogP contribution in [0.15, 0.2) is 78.9 Å². The summed E-state index contributed by atoms with van der Waals surface area (Å²) in [6.07, 6.45) is -0.659. The van der Waals surface area contributed by atoms with Crippen molar-refractivity contribution >= 4 is 23.8 Å². The highest BCUT2D eigenvalue weighted by atomic mass is 32.2. The second-order valence-electron chi connectivity index (χ2n) is 13.9. The Morgan fingerprint density at radius 1 is 0.959 bits per heavy atom. The van der Waals surface area contributed by atoms with E-state index in [9.17, 15) is 14.7 Å². The smallest absolute Gasteiger partial charge is 0.407 e.